The first-order valence-electron chi connectivity index (χ1n) is 8.86. The summed E-state index contributed by atoms with van der Waals surface area (Å²) in [6.07, 6.45) is 7.25. The summed E-state index contributed by atoms with van der Waals surface area (Å²) in [6, 6.07) is 5.30. The van der Waals surface area contributed by atoms with Crippen molar-refractivity contribution in [3.63, 3.8) is 0 Å². The van der Waals surface area contributed by atoms with Crippen molar-refractivity contribution in [1.82, 2.24) is 14.9 Å². The number of imidazole rings is 1. The molecule has 22 heavy (non-hydrogen) atoms. The Kier molecular flexibility index (Phi) is 2.59. The number of hydrogen-bond acceptors (Lipinski definition) is 2. The van der Waals surface area contributed by atoms with Crippen molar-refractivity contribution >= 4 is 11.0 Å². The van der Waals surface area contributed by atoms with Crippen LogP contribution in [-0.4, -0.2) is 34.0 Å². The maximum absolute atomic E-state index is 4.67. The fourth-order valence-electron chi connectivity index (χ4n) is 5.11. The van der Waals surface area contributed by atoms with Crippen LogP contribution in [0.4, 0.5) is 0 Å². The van der Waals surface area contributed by atoms with Crippen molar-refractivity contribution in [3.05, 3.63) is 29.6 Å². The van der Waals surface area contributed by atoms with E-state index < -0.39 is 0 Å². The molecule has 1 aliphatic heterocycles. The molecule has 1 unspecified atom stereocenters. The van der Waals surface area contributed by atoms with E-state index in [4.69, 9.17) is 0 Å². The van der Waals surface area contributed by atoms with Crippen LogP contribution in [0.15, 0.2) is 18.5 Å². The highest BCUT2D eigenvalue weighted by molar-refractivity contribution is 5.81. The molecule has 1 aromatic carbocycles. The molecule has 5 rings (SSSR count). The van der Waals surface area contributed by atoms with Gasteiger partial charge in [0.05, 0.1) is 17.4 Å². The Hall–Kier alpha value is -1.35. The van der Waals surface area contributed by atoms with E-state index in [0.717, 1.165) is 17.9 Å². The molecule has 2 aromatic rings. The molecule has 1 N–H and O–H groups in total. The summed E-state index contributed by atoms with van der Waals surface area (Å²) in [5.41, 5.74) is 5.80. The Balaban J connectivity index is 1.63. The van der Waals surface area contributed by atoms with E-state index in [-0.39, 0.29) is 5.41 Å². The number of likely N-dealkylation sites (tertiary alicyclic amines) is 1. The van der Waals surface area contributed by atoms with Crippen LogP contribution < -0.4 is 0 Å². The molecule has 2 bridgehead atoms. The zero-order chi connectivity index (χ0) is 14.9. The van der Waals surface area contributed by atoms with Crippen molar-refractivity contribution in [2.45, 2.75) is 51.0 Å². The third kappa shape index (κ3) is 1.69. The lowest BCUT2D eigenvalue weighted by Gasteiger charge is -2.54. The van der Waals surface area contributed by atoms with Gasteiger partial charge in [0, 0.05) is 18.0 Å². The number of hydrogen-bond donors (Lipinski definition) is 1. The summed E-state index contributed by atoms with van der Waals surface area (Å²) in [6.45, 7) is 7.58. The fraction of sp³-hybridized carbons (Fsp3) is 0.632. The molecule has 3 heteroatoms. The summed E-state index contributed by atoms with van der Waals surface area (Å²) in [4.78, 5) is 10.8. The highest BCUT2D eigenvalue weighted by Gasteiger charge is 2.49. The minimum Gasteiger partial charge on any atom is -0.345 e. The predicted octanol–water partition coefficient (Wildman–Crippen LogP) is 3.50. The normalized spacial score (nSPS) is 34.8. The van der Waals surface area contributed by atoms with Gasteiger partial charge in [-0.2, -0.15) is 0 Å². The number of rotatable bonds is 2. The number of H-pyrrole nitrogens is 1. The van der Waals surface area contributed by atoms with Crippen molar-refractivity contribution < 1.29 is 0 Å². The molecule has 2 aliphatic carbocycles. The Morgan fingerprint density at radius 1 is 1.36 bits per heavy atom. The van der Waals surface area contributed by atoms with Gasteiger partial charge in [-0.15, -0.1) is 0 Å². The van der Waals surface area contributed by atoms with E-state index in [0.29, 0.717) is 0 Å². The van der Waals surface area contributed by atoms with Crippen LogP contribution in [0.5, 0.6) is 0 Å². The SMILES string of the molecule is C[C@H]1C2Cc3ccc4[nH]cnc4c3[C@@]1(C)CCN2CC1CC1. The molecule has 1 saturated carbocycles. The number of benzene rings is 1. The van der Waals surface area contributed by atoms with Gasteiger partial charge < -0.3 is 4.98 Å². The van der Waals surface area contributed by atoms with Crippen molar-refractivity contribution in [2.75, 3.05) is 13.1 Å². The zero-order valence-corrected chi connectivity index (χ0v) is 13.6. The molecule has 3 atom stereocenters. The maximum atomic E-state index is 4.67. The number of nitrogens with zero attached hydrogens (tertiary/aromatic N) is 2. The molecule has 2 heterocycles. The molecule has 116 valence electrons. The lowest BCUT2D eigenvalue weighted by Crippen LogP contribution is -2.58. The van der Waals surface area contributed by atoms with Crippen LogP contribution in [-0.2, 0) is 11.8 Å². The molecule has 3 nitrogen and oxygen atoms in total. The fourth-order valence-corrected chi connectivity index (χ4v) is 5.11. The van der Waals surface area contributed by atoms with E-state index in [2.05, 4.69) is 40.8 Å². The zero-order valence-electron chi connectivity index (χ0n) is 13.6. The summed E-state index contributed by atoms with van der Waals surface area (Å²) < 4.78 is 0. The number of aromatic nitrogens is 2. The Morgan fingerprint density at radius 3 is 3.05 bits per heavy atom. The van der Waals surface area contributed by atoms with E-state index >= 15 is 0 Å². The van der Waals surface area contributed by atoms with Gasteiger partial charge in [0.1, 0.15) is 0 Å². The maximum Gasteiger partial charge on any atom is 0.0932 e. The molecule has 1 aromatic heterocycles. The number of aromatic amines is 1. The third-order valence-corrected chi connectivity index (χ3v) is 6.84. The van der Waals surface area contributed by atoms with Crippen molar-refractivity contribution in [3.8, 4) is 0 Å². The Labute approximate surface area is 132 Å². The first-order chi connectivity index (χ1) is 10.7. The van der Waals surface area contributed by atoms with Gasteiger partial charge in [-0.1, -0.05) is 19.9 Å². The molecular weight excluding hydrogens is 270 g/mol. The lowest BCUT2D eigenvalue weighted by atomic mass is 9.58. The van der Waals surface area contributed by atoms with Gasteiger partial charge in [-0.3, -0.25) is 4.90 Å². The van der Waals surface area contributed by atoms with Gasteiger partial charge in [0.2, 0.25) is 0 Å². The summed E-state index contributed by atoms with van der Waals surface area (Å²) in [5, 5.41) is 0. The van der Waals surface area contributed by atoms with Gasteiger partial charge in [0.25, 0.3) is 0 Å². The minimum atomic E-state index is 0.285. The summed E-state index contributed by atoms with van der Waals surface area (Å²) >= 11 is 0. The highest BCUT2D eigenvalue weighted by atomic mass is 15.2. The molecule has 1 saturated heterocycles. The van der Waals surface area contributed by atoms with Crippen LogP contribution in [0, 0.1) is 11.8 Å². The van der Waals surface area contributed by atoms with Gasteiger partial charge >= 0.3 is 0 Å². The van der Waals surface area contributed by atoms with E-state index in [1.165, 1.54) is 49.8 Å². The van der Waals surface area contributed by atoms with Gasteiger partial charge in [-0.05, 0) is 61.3 Å². The van der Waals surface area contributed by atoms with Crippen LogP contribution in [0.3, 0.4) is 0 Å². The van der Waals surface area contributed by atoms with Crippen LogP contribution >= 0.6 is 0 Å². The first-order valence-corrected chi connectivity index (χ1v) is 8.86. The second kappa shape index (κ2) is 4.35. The van der Waals surface area contributed by atoms with Gasteiger partial charge in [-0.25, -0.2) is 4.98 Å². The lowest BCUT2D eigenvalue weighted by molar-refractivity contribution is 0.0291. The topological polar surface area (TPSA) is 31.9 Å². The smallest absolute Gasteiger partial charge is 0.0932 e. The first kappa shape index (κ1) is 13.1. The number of piperidine rings is 1. The monoisotopic (exact) mass is 295 g/mol. The van der Waals surface area contributed by atoms with E-state index in [1.54, 1.807) is 11.1 Å². The summed E-state index contributed by atoms with van der Waals surface area (Å²) in [7, 11) is 0. The molecule has 3 aliphatic rings. The van der Waals surface area contributed by atoms with Crippen LogP contribution in [0.2, 0.25) is 0 Å². The predicted molar refractivity (Wildman–Crippen MR) is 89.0 cm³/mol. The largest absolute Gasteiger partial charge is 0.345 e. The average Bonchev–Trinajstić information content (AvgIpc) is 3.19. The van der Waals surface area contributed by atoms with E-state index in [9.17, 15) is 0 Å². The molecule has 0 amide bonds. The van der Waals surface area contributed by atoms with E-state index in [1.807, 2.05) is 6.33 Å². The van der Waals surface area contributed by atoms with Crippen molar-refractivity contribution in [2.24, 2.45) is 11.8 Å². The third-order valence-electron chi connectivity index (χ3n) is 6.84. The molecule has 0 spiro atoms. The number of nitrogens with one attached hydrogen (secondary N) is 1. The average molecular weight is 295 g/mol. The second-order valence-electron chi connectivity index (χ2n) is 8.06. The highest BCUT2D eigenvalue weighted by Crippen LogP contribution is 2.50. The number of fused-ring (bicyclic) bond motifs is 6. The van der Waals surface area contributed by atoms with Gasteiger partial charge in [0.15, 0.2) is 0 Å². The Morgan fingerprint density at radius 2 is 2.23 bits per heavy atom. The Bertz CT molecular complexity index is 729. The minimum absolute atomic E-state index is 0.285. The molecule has 0 radical (unpaired) electrons. The standard InChI is InChI=1S/C19H25N3/c1-12-16-9-14-5-6-15-18(21-11-20-15)17(14)19(12,2)7-8-22(16)10-13-3-4-13/h5-6,11-13,16H,3-4,7-10H2,1-2H3,(H,20,21)/t12-,16?,19-/m0/s1. The van der Waals surface area contributed by atoms with Crippen molar-refractivity contribution in [1.29, 1.82) is 0 Å². The van der Waals surface area contributed by atoms with Crippen LogP contribution in [0.25, 0.3) is 11.0 Å². The summed E-state index contributed by atoms with van der Waals surface area (Å²) in [5.74, 6) is 1.71. The molecule has 2 fully saturated rings. The quantitative estimate of drug-likeness (QED) is 0.919. The second-order valence-corrected chi connectivity index (χ2v) is 8.06. The van der Waals surface area contributed by atoms with Crippen LogP contribution in [0.1, 0.15) is 44.2 Å². The molecular formula is C19H25N3.